The zero-order valence-corrected chi connectivity index (χ0v) is 14.1. The Bertz CT molecular complexity index is 841. The summed E-state index contributed by atoms with van der Waals surface area (Å²) in [5, 5.41) is 4.40. The topological polar surface area (TPSA) is 55.2 Å². The van der Waals surface area contributed by atoms with E-state index < -0.39 is 9.84 Å². The Kier molecular flexibility index (Phi) is 3.44. The predicted molar refractivity (Wildman–Crippen MR) is 90.5 cm³/mol. The lowest BCUT2D eigenvalue weighted by Gasteiger charge is -2.18. The van der Waals surface area contributed by atoms with Gasteiger partial charge in [-0.3, -0.25) is 4.68 Å². The molecule has 0 spiro atoms. The Labute approximate surface area is 136 Å². The minimum absolute atomic E-state index is 0.00172. The van der Waals surface area contributed by atoms with Crippen molar-refractivity contribution in [3.05, 3.63) is 47.3 Å². The van der Waals surface area contributed by atoms with Crippen molar-refractivity contribution >= 4 is 15.5 Å². The molecule has 4 rings (SSSR count). The number of hydrogen-bond donors (Lipinski definition) is 0. The van der Waals surface area contributed by atoms with Crippen LogP contribution in [0.15, 0.2) is 30.6 Å². The van der Waals surface area contributed by atoms with Crippen molar-refractivity contribution in [3.63, 3.8) is 0 Å². The van der Waals surface area contributed by atoms with E-state index in [0.29, 0.717) is 6.42 Å². The molecule has 0 aliphatic carbocycles. The molecule has 3 heterocycles. The number of hydrogen-bond acceptors (Lipinski definition) is 4. The van der Waals surface area contributed by atoms with Gasteiger partial charge in [0.1, 0.15) is 0 Å². The highest BCUT2D eigenvalue weighted by molar-refractivity contribution is 7.91. The maximum Gasteiger partial charge on any atom is 0.152 e. The SMILES string of the molecule is Cc1ccc2c(c1)N(Cc1cnn([C@@H]3CCS(=O)(=O)C3)c1)CC2. The quantitative estimate of drug-likeness (QED) is 0.864. The minimum atomic E-state index is -2.87. The van der Waals surface area contributed by atoms with E-state index in [9.17, 15) is 8.42 Å². The maximum atomic E-state index is 11.6. The van der Waals surface area contributed by atoms with Gasteiger partial charge in [0.2, 0.25) is 0 Å². The molecule has 2 aliphatic rings. The van der Waals surface area contributed by atoms with Crippen LogP contribution in [-0.2, 0) is 22.8 Å². The van der Waals surface area contributed by atoms with E-state index >= 15 is 0 Å². The second kappa shape index (κ2) is 5.37. The van der Waals surface area contributed by atoms with Gasteiger partial charge < -0.3 is 4.90 Å². The number of benzene rings is 1. The summed E-state index contributed by atoms with van der Waals surface area (Å²) in [6.45, 7) is 3.98. The van der Waals surface area contributed by atoms with Gasteiger partial charge in [-0.25, -0.2) is 8.42 Å². The smallest absolute Gasteiger partial charge is 0.152 e. The number of aromatic nitrogens is 2. The van der Waals surface area contributed by atoms with E-state index in [1.807, 2.05) is 17.1 Å². The zero-order chi connectivity index (χ0) is 16.0. The number of aryl methyl sites for hydroxylation is 1. The normalized spacial score (nSPS) is 22.5. The first-order chi connectivity index (χ1) is 11.0. The van der Waals surface area contributed by atoms with Gasteiger partial charge in [-0.05, 0) is 37.0 Å². The zero-order valence-electron chi connectivity index (χ0n) is 13.3. The van der Waals surface area contributed by atoms with Gasteiger partial charge >= 0.3 is 0 Å². The number of nitrogens with zero attached hydrogens (tertiary/aromatic N) is 3. The van der Waals surface area contributed by atoms with Gasteiger partial charge in [-0.2, -0.15) is 5.10 Å². The number of rotatable bonds is 3. The van der Waals surface area contributed by atoms with Crippen LogP contribution in [0, 0.1) is 6.92 Å². The minimum Gasteiger partial charge on any atom is -0.367 e. The van der Waals surface area contributed by atoms with Gasteiger partial charge in [0.05, 0.1) is 23.7 Å². The summed E-state index contributed by atoms with van der Waals surface area (Å²) in [4.78, 5) is 2.38. The molecule has 1 atom stereocenters. The maximum absolute atomic E-state index is 11.6. The molecule has 0 radical (unpaired) electrons. The van der Waals surface area contributed by atoms with Crippen LogP contribution in [0.3, 0.4) is 0 Å². The van der Waals surface area contributed by atoms with Crippen LogP contribution in [0.1, 0.15) is 29.2 Å². The van der Waals surface area contributed by atoms with Gasteiger partial charge in [0, 0.05) is 30.5 Å². The molecule has 0 unspecified atom stereocenters. The van der Waals surface area contributed by atoms with Crippen LogP contribution in [0.4, 0.5) is 5.69 Å². The van der Waals surface area contributed by atoms with Gasteiger partial charge in [-0.15, -0.1) is 0 Å². The fourth-order valence-corrected chi connectivity index (χ4v) is 5.29. The van der Waals surface area contributed by atoms with Crippen LogP contribution >= 0.6 is 0 Å². The first-order valence-corrected chi connectivity index (χ1v) is 9.90. The fraction of sp³-hybridized carbons (Fsp3) is 0.471. The second-order valence-corrected chi connectivity index (χ2v) is 8.92. The highest BCUT2D eigenvalue weighted by atomic mass is 32.2. The molecule has 23 heavy (non-hydrogen) atoms. The lowest BCUT2D eigenvalue weighted by molar-refractivity contribution is 0.499. The third-order valence-electron chi connectivity index (χ3n) is 4.84. The monoisotopic (exact) mass is 331 g/mol. The molecule has 6 heteroatoms. The number of sulfone groups is 1. The molecule has 1 fully saturated rings. The average molecular weight is 331 g/mol. The third kappa shape index (κ3) is 2.87. The molecule has 0 amide bonds. The van der Waals surface area contributed by atoms with E-state index in [2.05, 4.69) is 35.1 Å². The molecule has 0 saturated carbocycles. The molecule has 2 aromatic rings. The third-order valence-corrected chi connectivity index (χ3v) is 6.59. The number of fused-ring (bicyclic) bond motifs is 1. The first kappa shape index (κ1) is 14.8. The van der Waals surface area contributed by atoms with Crippen LogP contribution in [0.5, 0.6) is 0 Å². The summed E-state index contributed by atoms with van der Waals surface area (Å²) in [7, 11) is -2.87. The standard InChI is InChI=1S/C17H21N3O2S/c1-13-2-3-15-4-6-19(17(15)8-13)10-14-9-18-20(11-14)16-5-7-23(21,22)12-16/h2-3,8-9,11,16H,4-7,10,12H2,1H3/t16-/m1/s1. The van der Waals surface area contributed by atoms with Crippen molar-refractivity contribution in [2.45, 2.75) is 32.4 Å². The molecule has 1 aromatic carbocycles. The molecule has 5 nitrogen and oxygen atoms in total. The molecular formula is C17H21N3O2S. The highest BCUT2D eigenvalue weighted by Gasteiger charge is 2.29. The predicted octanol–water partition coefficient (Wildman–Crippen LogP) is 2.11. The Morgan fingerprint density at radius 1 is 1.35 bits per heavy atom. The van der Waals surface area contributed by atoms with Crippen LogP contribution in [0.25, 0.3) is 0 Å². The molecule has 1 saturated heterocycles. The van der Waals surface area contributed by atoms with Crippen molar-refractivity contribution in [1.82, 2.24) is 9.78 Å². The van der Waals surface area contributed by atoms with E-state index in [1.54, 1.807) is 0 Å². The average Bonchev–Trinajstić information content (AvgIpc) is 3.19. The second-order valence-electron chi connectivity index (χ2n) is 6.69. The Balaban J connectivity index is 1.50. The Morgan fingerprint density at radius 3 is 3.00 bits per heavy atom. The molecule has 0 N–H and O–H groups in total. The van der Waals surface area contributed by atoms with Crippen molar-refractivity contribution in [2.24, 2.45) is 0 Å². The summed E-state index contributed by atoms with van der Waals surface area (Å²) < 4.78 is 25.1. The Hall–Kier alpha value is -1.82. The molecule has 0 bridgehead atoms. The Morgan fingerprint density at radius 2 is 2.22 bits per heavy atom. The van der Waals surface area contributed by atoms with Crippen molar-refractivity contribution < 1.29 is 8.42 Å². The summed E-state index contributed by atoms with van der Waals surface area (Å²) in [5.74, 6) is 0.505. The summed E-state index contributed by atoms with van der Waals surface area (Å²) in [5.41, 5.74) is 5.15. The lowest BCUT2D eigenvalue weighted by Crippen LogP contribution is -2.19. The van der Waals surface area contributed by atoms with Crippen molar-refractivity contribution in [2.75, 3.05) is 23.0 Å². The molecule has 122 valence electrons. The fourth-order valence-electron chi connectivity index (χ4n) is 3.58. The molecule has 1 aromatic heterocycles. The van der Waals surface area contributed by atoms with Gasteiger partial charge in [0.25, 0.3) is 0 Å². The summed E-state index contributed by atoms with van der Waals surface area (Å²) in [6.07, 6.45) is 5.65. The lowest BCUT2D eigenvalue weighted by atomic mass is 10.1. The van der Waals surface area contributed by atoms with Crippen molar-refractivity contribution in [1.29, 1.82) is 0 Å². The van der Waals surface area contributed by atoms with E-state index in [0.717, 1.165) is 25.1 Å². The molecule has 2 aliphatic heterocycles. The largest absolute Gasteiger partial charge is 0.367 e. The van der Waals surface area contributed by atoms with Crippen LogP contribution in [-0.4, -0.2) is 36.2 Å². The summed E-state index contributed by atoms with van der Waals surface area (Å²) in [6, 6.07) is 6.64. The van der Waals surface area contributed by atoms with Crippen LogP contribution < -0.4 is 4.90 Å². The van der Waals surface area contributed by atoms with Crippen LogP contribution in [0.2, 0.25) is 0 Å². The van der Waals surface area contributed by atoms with Crippen molar-refractivity contribution in [3.8, 4) is 0 Å². The van der Waals surface area contributed by atoms with E-state index in [1.165, 1.54) is 16.8 Å². The van der Waals surface area contributed by atoms with Gasteiger partial charge in [0.15, 0.2) is 9.84 Å². The summed E-state index contributed by atoms with van der Waals surface area (Å²) >= 11 is 0. The first-order valence-electron chi connectivity index (χ1n) is 8.08. The van der Waals surface area contributed by atoms with E-state index in [-0.39, 0.29) is 17.5 Å². The van der Waals surface area contributed by atoms with E-state index in [4.69, 9.17) is 0 Å². The van der Waals surface area contributed by atoms with Gasteiger partial charge in [-0.1, -0.05) is 12.1 Å². The number of anilines is 1. The molecular weight excluding hydrogens is 310 g/mol. The highest BCUT2D eigenvalue weighted by Crippen LogP contribution is 2.30.